The molecule has 0 amide bonds. The van der Waals surface area contributed by atoms with Crippen LogP contribution < -0.4 is 4.72 Å². The Kier molecular flexibility index (Phi) is 3.23. The molecule has 1 aromatic heterocycles. The molecule has 1 heterocycles. The summed E-state index contributed by atoms with van der Waals surface area (Å²) in [6, 6.07) is 3.27. The minimum absolute atomic E-state index is 0.00975. The number of nitrogens with one attached hydrogen (secondary N) is 2. The molecule has 7 heteroatoms. The second-order valence-corrected chi connectivity index (χ2v) is 5.99. The van der Waals surface area contributed by atoms with Crippen LogP contribution in [0.2, 0.25) is 0 Å². The number of aromatic amines is 1. The Bertz CT molecular complexity index is 720. The number of sulfonamides is 1. The summed E-state index contributed by atoms with van der Waals surface area (Å²) in [6.45, 7) is 5.07. The summed E-state index contributed by atoms with van der Waals surface area (Å²) >= 11 is 0. The van der Waals surface area contributed by atoms with Gasteiger partial charge in [0, 0.05) is 5.56 Å². The summed E-state index contributed by atoms with van der Waals surface area (Å²) in [5.41, 5.74) is 1.52. The zero-order valence-electron chi connectivity index (χ0n) is 10.9. The van der Waals surface area contributed by atoms with E-state index in [0.717, 1.165) is 0 Å². The molecule has 2 aromatic rings. The highest BCUT2D eigenvalue weighted by Gasteiger charge is 2.18. The Morgan fingerprint density at radius 3 is 2.53 bits per heavy atom. The molecule has 0 bridgehead atoms. The number of aromatic hydroxyl groups is 1. The molecule has 0 saturated heterocycles. The first kappa shape index (κ1) is 13.4. The van der Waals surface area contributed by atoms with Gasteiger partial charge in [-0.25, -0.2) is 4.98 Å². The number of aromatic nitrogens is 2. The Morgan fingerprint density at radius 1 is 1.26 bits per heavy atom. The first-order valence-electron chi connectivity index (χ1n) is 5.65. The van der Waals surface area contributed by atoms with Crippen LogP contribution in [-0.2, 0) is 10.0 Å². The van der Waals surface area contributed by atoms with Gasteiger partial charge in [-0.05, 0) is 32.4 Å². The average molecular weight is 281 g/mol. The number of nitrogens with zero attached hydrogens (tertiary/aromatic N) is 1. The second-order valence-electron chi connectivity index (χ2n) is 4.34. The Labute approximate surface area is 111 Å². The van der Waals surface area contributed by atoms with E-state index in [1.54, 1.807) is 32.9 Å². The monoisotopic (exact) mass is 281 g/mol. The maximum atomic E-state index is 12.1. The third kappa shape index (κ3) is 2.55. The summed E-state index contributed by atoms with van der Waals surface area (Å²) in [5, 5.41) is 9.79. The molecule has 2 rings (SSSR count). The van der Waals surface area contributed by atoms with Gasteiger partial charge in [0.1, 0.15) is 11.6 Å². The maximum Gasteiger partial charge on any atom is 0.278 e. The zero-order valence-corrected chi connectivity index (χ0v) is 11.7. The molecule has 0 spiro atoms. The van der Waals surface area contributed by atoms with E-state index in [-0.39, 0.29) is 10.8 Å². The highest BCUT2D eigenvalue weighted by atomic mass is 32.2. The molecule has 0 saturated carbocycles. The lowest BCUT2D eigenvalue weighted by Crippen LogP contribution is -2.14. The molecular weight excluding hydrogens is 266 g/mol. The van der Waals surface area contributed by atoms with E-state index in [4.69, 9.17) is 0 Å². The first-order chi connectivity index (χ1) is 8.81. The van der Waals surface area contributed by atoms with Gasteiger partial charge in [0.25, 0.3) is 10.0 Å². The zero-order chi connectivity index (χ0) is 14.2. The molecule has 3 N–H and O–H groups in total. The van der Waals surface area contributed by atoms with Crippen LogP contribution in [-0.4, -0.2) is 23.5 Å². The number of phenols is 1. The largest absolute Gasteiger partial charge is 0.507 e. The lowest BCUT2D eigenvalue weighted by atomic mass is 10.1. The van der Waals surface area contributed by atoms with E-state index in [2.05, 4.69) is 14.7 Å². The Morgan fingerprint density at radius 2 is 1.95 bits per heavy atom. The van der Waals surface area contributed by atoms with Gasteiger partial charge in [-0.2, -0.15) is 8.42 Å². The van der Waals surface area contributed by atoms with Gasteiger partial charge in [0.15, 0.2) is 5.03 Å². The molecule has 0 radical (unpaired) electrons. The van der Waals surface area contributed by atoms with Gasteiger partial charge in [-0.3, -0.25) is 4.72 Å². The normalized spacial score (nSPS) is 11.5. The number of aryl methyl sites for hydroxylation is 2. The highest BCUT2D eigenvalue weighted by molar-refractivity contribution is 7.92. The van der Waals surface area contributed by atoms with E-state index >= 15 is 0 Å². The van der Waals surface area contributed by atoms with Crippen molar-refractivity contribution < 1.29 is 13.5 Å². The smallest absolute Gasteiger partial charge is 0.278 e. The fourth-order valence-electron chi connectivity index (χ4n) is 1.68. The lowest BCUT2D eigenvalue weighted by molar-refractivity contribution is 0.467. The van der Waals surface area contributed by atoms with Crippen LogP contribution in [0.5, 0.6) is 5.75 Å². The minimum atomic E-state index is -3.72. The third-order valence-corrected chi connectivity index (χ3v) is 4.12. The molecule has 1 aromatic carbocycles. The predicted molar refractivity (Wildman–Crippen MR) is 71.7 cm³/mol. The van der Waals surface area contributed by atoms with Crippen molar-refractivity contribution in [1.29, 1.82) is 0 Å². The molecule has 0 aliphatic heterocycles. The van der Waals surface area contributed by atoms with Crippen LogP contribution in [0.4, 0.5) is 5.69 Å². The van der Waals surface area contributed by atoms with E-state index in [0.29, 0.717) is 22.6 Å². The number of hydrogen-bond acceptors (Lipinski definition) is 4. The van der Waals surface area contributed by atoms with Crippen LogP contribution in [0.15, 0.2) is 23.4 Å². The predicted octanol–water partition coefficient (Wildman–Crippen LogP) is 1.84. The van der Waals surface area contributed by atoms with E-state index in [1.807, 2.05) is 0 Å². The molecule has 0 aliphatic rings. The number of benzene rings is 1. The first-order valence-corrected chi connectivity index (χ1v) is 7.13. The van der Waals surface area contributed by atoms with Crippen LogP contribution in [0.3, 0.4) is 0 Å². The second kappa shape index (κ2) is 4.58. The summed E-state index contributed by atoms with van der Waals surface area (Å²) in [7, 11) is -3.72. The molecule has 0 unspecified atom stereocenters. The Hall–Kier alpha value is -2.02. The number of H-pyrrole nitrogens is 1. The number of phenolic OH excluding ortho intramolecular Hbond substituents is 1. The van der Waals surface area contributed by atoms with Crippen molar-refractivity contribution in [3.8, 4) is 5.75 Å². The topological polar surface area (TPSA) is 95.1 Å². The molecule has 102 valence electrons. The molecule has 0 fully saturated rings. The number of rotatable bonds is 3. The Balaban J connectivity index is 2.39. The standard InChI is InChI=1S/C12H15N3O3S/c1-7-4-5-10(8(2)12(7)16)15-19(17,18)11-6-13-9(3)14-11/h4-6,15-16H,1-3H3,(H,13,14). The van der Waals surface area contributed by atoms with E-state index in [9.17, 15) is 13.5 Å². The molecular formula is C12H15N3O3S. The van der Waals surface area contributed by atoms with E-state index < -0.39 is 10.0 Å². The van der Waals surface area contributed by atoms with Gasteiger partial charge >= 0.3 is 0 Å². The fourth-order valence-corrected chi connectivity index (χ4v) is 2.77. The van der Waals surface area contributed by atoms with Gasteiger partial charge in [-0.15, -0.1) is 0 Å². The third-order valence-electron chi connectivity index (χ3n) is 2.85. The quantitative estimate of drug-likeness (QED) is 0.800. The van der Waals surface area contributed by atoms with Crippen LogP contribution in [0, 0.1) is 20.8 Å². The highest BCUT2D eigenvalue weighted by Crippen LogP contribution is 2.29. The van der Waals surface area contributed by atoms with Crippen molar-refractivity contribution >= 4 is 15.7 Å². The van der Waals surface area contributed by atoms with Crippen molar-refractivity contribution in [2.24, 2.45) is 0 Å². The molecule has 0 atom stereocenters. The van der Waals surface area contributed by atoms with Crippen molar-refractivity contribution in [1.82, 2.24) is 9.97 Å². The average Bonchev–Trinajstić information content (AvgIpc) is 2.78. The van der Waals surface area contributed by atoms with Gasteiger partial charge < -0.3 is 10.1 Å². The molecule has 0 aliphatic carbocycles. The maximum absolute atomic E-state index is 12.1. The van der Waals surface area contributed by atoms with Crippen LogP contribution in [0.1, 0.15) is 17.0 Å². The van der Waals surface area contributed by atoms with Crippen LogP contribution in [0.25, 0.3) is 0 Å². The molecule has 19 heavy (non-hydrogen) atoms. The van der Waals surface area contributed by atoms with Crippen LogP contribution >= 0.6 is 0 Å². The SMILES string of the molecule is Cc1ncc(S(=O)(=O)Nc2ccc(C)c(O)c2C)[nH]1. The van der Waals surface area contributed by atoms with Crippen molar-refractivity contribution in [2.75, 3.05) is 4.72 Å². The van der Waals surface area contributed by atoms with Crippen molar-refractivity contribution in [3.05, 3.63) is 35.3 Å². The number of anilines is 1. The summed E-state index contributed by atoms with van der Waals surface area (Å²) in [4.78, 5) is 6.51. The number of hydrogen-bond donors (Lipinski definition) is 3. The lowest BCUT2D eigenvalue weighted by Gasteiger charge is -2.11. The molecule has 6 nitrogen and oxygen atoms in total. The van der Waals surface area contributed by atoms with Gasteiger partial charge in [-0.1, -0.05) is 6.07 Å². The van der Waals surface area contributed by atoms with E-state index in [1.165, 1.54) is 6.20 Å². The van der Waals surface area contributed by atoms with Gasteiger partial charge in [0.05, 0.1) is 11.9 Å². The summed E-state index contributed by atoms with van der Waals surface area (Å²) < 4.78 is 26.6. The minimum Gasteiger partial charge on any atom is -0.507 e. The summed E-state index contributed by atoms with van der Waals surface area (Å²) in [5.74, 6) is 0.602. The fraction of sp³-hybridized carbons (Fsp3) is 0.250. The number of imidazole rings is 1. The summed E-state index contributed by atoms with van der Waals surface area (Å²) in [6.07, 6.45) is 1.25. The van der Waals surface area contributed by atoms with Crippen molar-refractivity contribution in [2.45, 2.75) is 25.8 Å². The van der Waals surface area contributed by atoms with Gasteiger partial charge in [0.2, 0.25) is 0 Å². The van der Waals surface area contributed by atoms with Crippen molar-refractivity contribution in [3.63, 3.8) is 0 Å².